The minimum atomic E-state index is -0.765. The van der Waals surface area contributed by atoms with E-state index in [0.717, 1.165) is 32.1 Å². The predicted octanol–water partition coefficient (Wildman–Crippen LogP) is -0.200. The summed E-state index contributed by atoms with van der Waals surface area (Å²) in [6.07, 6.45) is 4.58. The van der Waals surface area contributed by atoms with E-state index in [-0.39, 0.29) is 11.9 Å². The summed E-state index contributed by atoms with van der Waals surface area (Å²) in [5, 5.41) is 15.5. The molecule has 0 aliphatic heterocycles. The lowest BCUT2D eigenvalue weighted by Gasteiger charge is -2.31. The summed E-state index contributed by atoms with van der Waals surface area (Å²) in [6, 6.07) is 0. The zero-order chi connectivity index (χ0) is 10.7. The maximum Gasteiger partial charge on any atom is 0.269 e. The summed E-state index contributed by atoms with van der Waals surface area (Å²) in [4.78, 5) is 11.8. The van der Waals surface area contributed by atoms with E-state index in [1.807, 2.05) is 0 Å². The van der Waals surface area contributed by atoms with Crippen molar-refractivity contribution in [3.05, 3.63) is 0 Å². The number of aromatic nitrogens is 4. The summed E-state index contributed by atoms with van der Waals surface area (Å²) in [5.41, 5.74) is 5.26. The molecular weight excluding hydrogens is 196 g/mol. The number of tetrazole rings is 1. The van der Waals surface area contributed by atoms with E-state index in [1.54, 1.807) is 0 Å². The van der Waals surface area contributed by atoms with Gasteiger partial charge < -0.3 is 5.73 Å². The second kappa shape index (κ2) is 3.93. The molecule has 7 heteroatoms. The Morgan fingerprint density at radius 2 is 2.13 bits per heavy atom. The summed E-state index contributed by atoms with van der Waals surface area (Å²) in [7, 11) is 0. The third kappa shape index (κ3) is 2.12. The second-order valence-electron chi connectivity index (χ2n) is 3.91. The Kier molecular flexibility index (Phi) is 2.63. The second-order valence-corrected chi connectivity index (χ2v) is 3.91. The van der Waals surface area contributed by atoms with Gasteiger partial charge in [0.2, 0.25) is 5.91 Å². The van der Waals surface area contributed by atoms with E-state index in [4.69, 9.17) is 5.73 Å². The largest absolute Gasteiger partial charge is 0.317 e. The van der Waals surface area contributed by atoms with Crippen LogP contribution in [0.15, 0.2) is 0 Å². The number of carbonyl (C=O) groups excluding carboxylic acids is 1. The first kappa shape index (κ1) is 10.0. The SMILES string of the molecule is NC1(C(=O)Nc2nn[nH]n2)CCCCC1. The van der Waals surface area contributed by atoms with Crippen LogP contribution in [0.2, 0.25) is 0 Å². The molecule has 1 amide bonds. The van der Waals surface area contributed by atoms with Crippen molar-refractivity contribution in [1.82, 2.24) is 20.6 Å². The van der Waals surface area contributed by atoms with E-state index in [1.165, 1.54) is 0 Å². The van der Waals surface area contributed by atoms with Gasteiger partial charge in [-0.2, -0.15) is 5.21 Å². The summed E-state index contributed by atoms with van der Waals surface area (Å²) in [6.45, 7) is 0. The minimum Gasteiger partial charge on any atom is -0.317 e. The van der Waals surface area contributed by atoms with E-state index >= 15 is 0 Å². The Hall–Kier alpha value is -1.50. The molecule has 0 spiro atoms. The van der Waals surface area contributed by atoms with E-state index in [0.29, 0.717) is 0 Å². The fourth-order valence-electron chi connectivity index (χ4n) is 1.85. The van der Waals surface area contributed by atoms with Crippen LogP contribution in [0.3, 0.4) is 0 Å². The Balaban J connectivity index is 2.00. The van der Waals surface area contributed by atoms with Crippen LogP contribution < -0.4 is 11.1 Å². The molecule has 0 aromatic carbocycles. The van der Waals surface area contributed by atoms with Gasteiger partial charge in [-0.3, -0.25) is 10.1 Å². The highest BCUT2D eigenvalue weighted by molar-refractivity contribution is 5.96. The van der Waals surface area contributed by atoms with Crippen molar-refractivity contribution in [3.8, 4) is 0 Å². The molecule has 1 aliphatic rings. The zero-order valence-electron chi connectivity index (χ0n) is 8.36. The van der Waals surface area contributed by atoms with Crippen LogP contribution in [0.25, 0.3) is 0 Å². The average Bonchev–Trinajstić information content (AvgIpc) is 2.71. The fourth-order valence-corrected chi connectivity index (χ4v) is 1.85. The third-order valence-electron chi connectivity index (χ3n) is 2.77. The van der Waals surface area contributed by atoms with Gasteiger partial charge in [0.25, 0.3) is 5.95 Å². The predicted molar refractivity (Wildman–Crippen MR) is 52.8 cm³/mol. The van der Waals surface area contributed by atoms with Crippen LogP contribution in [0.5, 0.6) is 0 Å². The van der Waals surface area contributed by atoms with Crippen molar-refractivity contribution < 1.29 is 4.79 Å². The fraction of sp³-hybridized carbons (Fsp3) is 0.750. The number of nitrogens with two attached hydrogens (primary N) is 1. The number of nitrogens with one attached hydrogen (secondary N) is 2. The van der Waals surface area contributed by atoms with Crippen molar-refractivity contribution in [2.75, 3.05) is 5.32 Å². The molecule has 7 nitrogen and oxygen atoms in total. The van der Waals surface area contributed by atoms with Crippen LogP contribution in [0.1, 0.15) is 32.1 Å². The number of carbonyl (C=O) groups is 1. The molecule has 0 unspecified atom stereocenters. The Bertz CT molecular complexity index is 329. The smallest absolute Gasteiger partial charge is 0.269 e. The Morgan fingerprint density at radius 1 is 1.40 bits per heavy atom. The summed E-state index contributed by atoms with van der Waals surface area (Å²) < 4.78 is 0. The van der Waals surface area contributed by atoms with Crippen LogP contribution >= 0.6 is 0 Å². The standard InChI is InChI=1S/C8H14N6O/c9-8(4-2-1-3-5-8)6(15)10-7-11-13-14-12-7/h1-5,9H2,(H2,10,11,12,13,14,15). The van der Waals surface area contributed by atoms with Gasteiger partial charge in [0.05, 0.1) is 5.54 Å². The molecule has 0 atom stereocenters. The molecule has 15 heavy (non-hydrogen) atoms. The molecule has 1 heterocycles. The lowest BCUT2D eigenvalue weighted by Crippen LogP contribution is -2.52. The monoisotopic (exact) mass is 210 g/mol. The average molecular weight is 210 g/mol. The van der Waals surface area contributed by atoms with E-state index in [2.05, 4.69) is 25.9 Å². The molecule has 1 aromatic heterocycles. The number of anilines is 1. The van der Waals surface area contributed by atoms with Gasteiger partial charge in [0.1, 0.15) is 0 Å². The molecule has 0 saturated heterocycles. The first-order valence-electron chi connectivity index (χ1n) is 5.04. The Morgan fingerprint density at radius 3 is 2.73 bits per heavy atom. The molecule has 82 valence electrons. The number of amides is 1. The van der Waals surface area contributed by atoms with Gasteiger partial charge in [0.15, 0.2) is 0 Å². The van der Waals surface area contributed by atoms with Crippen molar-refractivity contribution >= 4 is 11.9 Å². The highest BCUT2D eigenvalue weighted by Crippen LogP contribution is 2.26. The molecule has 1 aromatic rings. The van der Waals surface area contributed by atoms with Crippen LogP contribution in [0, 0.1) is 0 Å². The van der Waals surface area contributed by atoms with Crippen LogP contribution in [-0.4, -0.2) is 32.1 Å². The van der Waals surface area contributed by atoms with Gasteiger partial charge in [-0.05, 0) is 18.1 Å². The molecule has 1 saturated carbocycles. The maximum atomic E-state index is 11.8. The summed E-state index contributed by atoms with van der Waals surface area (Å²) >= 11 is 0. The first-order chi connectivity index (χ1) is 7.21. The molecule has 0 radical (unpaired) electrons. The van der Waals surface area contributed by atoms with Gasteiger partial charge in [0, 0.05) is 0 Å². The molecule has 4 N–H and O–H groups in total. The minimum absolute atomic E-state index is 0.176. The first-order valence-corrected chi connectivity index (χ1v) is 5.04. The van der Waals surface area contributed by atoms with Crippen LogP contribution in [-0.2, 0) is 4.79 Å². The molecular formula is C8H14N6O. The van der Waals surface area contributed by atoms with Gasteiger partial charge in [-0.1, -0.05) is 24.4 Å². The van der Waals surface area contributed by atoms with Crippen molar-refractivity contribution in [1.29, 1.82) is 0 Å². The highest BCUT2D eigenvalue weighted by atomic mass is 16.2. The molecule has 1 fully saturated rings. The van der Waals surface area contributed by atoms with Gasteiger partial charge >= 0.3 is 0 Å². The third-order valence-corrected chi connectivity index (χ3v) is 2.77. The molecule has 0 bridgehead atoms. The van der Waals surface area contributed by atoms with E-state index < -0.39 is 5.54 Å². The van der Waals surface area contributed by atoms with Crippen molar-refractivity contribution in [2.24, 2.45) is 5.73 Å². The Labute approximate surface area is 86.8 Å². The zero-order valence-corrected chi connectivity index (χ0v) is 8.36. The topological polar surface area (TPSA) is 110 Å². The van der Waals surface area contributed by atoms with E-state index in [9.17, 15) is 4.79 Å². The van der Waals surface area contributed by atoms with Gasteiger partial charge in [-0.15, -0.1) is 5.10 Å². The maximum absolute atomic E-state index is 11.8. The van der Waals surface area contributed by atoms with Crippen molar-refractivity contribution in [3.63, 3.8) is 0 Å². The normalized spacial score (nSPS) is 19.8. The molecule has 2 rings (SSSR count). The number of hydrogen-bond acceptors (Lipinski definition) is 5. The van der Waals surface area contributed by atoms with Gasteiger partial charge in [-0.25, -0.2) is 0 Å². The number of H-pyrrole nitrogens is 1. The number of hydrogen-bond donors (Lipinski definition) is 3. The number of nitrogens with zero attached hydrogens (tertiary/aromatic N) is 3. The quantitative estimate of drug-likeness (QED) is 0.626. The van der Waals surface area contributed by atoms with Crippen molar-refractivity contribution in [2.45, 2.75) is 37.6 Å². The summed E-state index contributed by atoms with van der Waals surface area (Å²) in [5.74, 6) is -0.0426. The number of aromatic amines is 1. The lowest BCUT2D eigenvalue weighted by atomic mass is 9.82. The van der Waals surface area contributed by atoms with Crippen LogP contribution in [0.4, 0.5) is 5.95 Å². The number of rotatable bonds is 2. The lowest BCUT2D eigenvalue weighted by molar-refractivity contribution is -0.122. The highest BCUT2D eigenvalue weighted by Gasteiger charge is 2.35. The molecule has 1 aliphatic carbocycles.